The van der Waals surface area contributed by atoms with E-state index in [-0.39, 0.29) is 18.4 Å². The van der Waals surface area contributed by atoms with Crippen LogP contribution in [0.2, 0.25) is 0 Å². The molecule has 2 aromatic heterocycles. The number of hydrogen-bond acceptors (Lipinski definition) is 10. The minimum Gasteiger partial charge on any atom is -0.497 e. The van der Waals surface area contributed by atoms with Crippen LogP contribution in [0.15, 0.2) is 91.3 Å². The maximum absolute atomic E-state index is 11.6. The SMILES string of the molecule is CCOc1nc(NC(c2ccccc2)(c2ccccc2)c2ccc(OC)cc2)nc2c1ncn2[C@@H]1O[C@H](CO[P+](C)=O)[C@@H](O)[C@@]1(C)Cl. The lowest BCUT2D eigenvalue weighted by molar-refractivity contribution is -0.0378. The Bertz CT molecular complexity index is 1800. The summed E-state index contributed by atoms with van der Waals surface area (Å²) < 4.78 is 36.3. The number of alkyl halides is 1. The van der Waals surface area contributed by atoms with E-state index in [1.54, 1.807) is 24.9 Å². The van der Waals surface area contributed by atoms with Crippen LogP contribution in [0.1, 0.15) is 36.8 Å². The number of fused-ring (bicyclic) bond motifs is 1. The number of hydrogen-bond donors (Lipinski definition) is 2. The highest BCUT2D eigenvalue weighted by atomic mass is 35.5. The second-order valence-corrected chi connectivity index (χ2v) is 13.3. The Kier molecular flexibility index (Phi) is 9.46. The molecule has 0 radical (unpaired) electrons. The van der Waals surface area contributed by atoms with Crippen molar-refractivity contribution in [3.63, 3.8) is 0 Å². The zero-order valence-corrected chi connectivity index (χ0v) is 28.1. The molecule has 5 aromatic rings. The van der Waals surface area contributed by atoms with Gasteiger partial charge in [-0.05, 0) is 47.2 Å². The number of imidazole rings is 1. The van der Waals surface area contributed by atoms with E-state index >= 15 is 0 Å². The molecular weight excluding hydrogens is 641 g/mol. The molecule has 1 fully saturated rings. The van der Waals surface area contributed by atoms with E-state index in [1.807, 2.05) is 67.6 Å². The molecule has 3 aromatic carbocycles. The zero-order valence-electron chi connectivity index (χ0n) is 26.4. The van der Waals surface area contributed by atoms with Gasteiger partial charge in [-0.3, -0.25) is 4.57 Å². The van der Waals surface area contributed by atoms with Gasteiger partial charge in [0.2, 0.25) is 11.8 Å². The van der Waals surface area contributed by atoms with Crippen molar-refractivity contribution in [3.05, 3.63) is 108 Å². The Labute approximate surface area is 278 Å². The summed E-state index contributed by atoms with van der Waals surface area (Å²) >= 11 is 6.95. The summed E-state index contributed by atoms with van der Waals surface area (Å²) in [6, 6.07) is 28.0. The molecule has 3 heterocycles. The molecule has 244 valence electrons. The number of benzene rings is 3. The van der Waals surface area contributed by atoms with Gasteiger partial charge < -0.3 is 24.6 Å². The van der Waals surface area contributed by atoms with E-state index in [0.717, 1.165) is 22.4 Å². The monoisotopic (exact) mass is 676 g/mol. The van der Waals surface area contributed by atoms with Gasteiger partial charge in [-0.1, -0.05) is 72.8 Å². The smallest absolute Gasteiger partial charge is 0.497 e. The van der Waals surface area contributed by atoms with Crippen molar-refractivity contribution < 1.29 is 28.4 Å². The highest BCUT2D eigenvalue weighted by Crippen LogP contribution is 2.46. The van der Waals surface area contributed by atoms with Gasteiger partial charge in [-0.15, -0.1) is 16.1 Å². The van der Waals surface area contributed by atoms with Crippen molar-refractivity contribution in [2.75, 3.05) is 32.3 Å². The van der Waals surface area contributed by atoms with Crippen LogP contribution in [0.5, 0.6) is 11.6 Å². The van der Waals surface area contributed by atoms with Crippen molar-refractivity contribution in [1.82, 2.24) is 19.5 Å². The van der Waals surface area contributed by atoms with Crippen LogP contribution >= 0.6 is 19.6 Å². The van der Waals surface area contributed by atoms with Crippen LogP contribution in [0.25, 0.3) is 11.2 Å². The molecule has 1 saturated heterocycles. The van der Waals surface area contributed by atoms with Crippen molar-refractivity contribution in [2.24, 2.45) is 0 Å². The van der Waals surface area contributed by atoms with Gasteiger partial charge >= 0.3 is 8.03 Å². The Balaban J connectivity index is 1.53. The maximum atomic E-state index is 11.6. The zero-order chi connectivity index (χ0) is 33.2. The number of aliphatic hydroxyl groups is 1. The van der Waals surface area contributed by atoms with E-state index in [4.69, 9.17) is 40.3 Å². The fourth-order valence-corrected chi connectivity index (χ4v) is 6.64. The molecular formula is C34H36ClN5O6P+. The Morgan fingerprint density at radius 1 is 1.02 bits per heavy atom. The van der Waals surface area contributed by atoms with Gasteiger partial charge in [0.25, 0.3) is 0 Å². The summed E-state index contributed by atoms with van der Waals surface area (Å²) in [7, 11) is -0.263. The number of ether oxygens (including phenoxy) is 3. The summed E-state index contributed by atoms with van der Waals surface area (Å²) in [6.07, 6.45) is -1.33. The molecule has 2 N–H and O–H groups in total. The number of methoxy groups -OCH3 is 1. The van der Waals surface area contributed by atoms with Crippen molar-refractivity contribution in [3.8, 4) is 11.6 Å². The third-order valence-electron chi connectivity index (χ3n) is 8.30. The lowest BCUT2D eigenvalue weighted by Gasteiger charge is -2.37. The van der Waals surface area contributed by atoms with Gasteiger partial charge in [0, 0.05) is 0 Å². The average molecular weight is 677 g/mol. The summed E-state index contributed by atoms with van der Waals surface area (Å²) in [6.45, 7) is 5.21. The minimum atomic E-state index is -1.90. The van der Waals surface area contributed by atoms with Crippen molar-refractivity contribution in [2.45, 2.75) is 42.7 Å². The standard InChI is InChI=1S/C34H36ClN5O6P/c1-5-44-30-27-29(40(21-36-27)31-33(2,35)28(41)26(46-31)20-45-47(4)42)37-32(38-30)39-34(22-12-8-6-9-13-22,23-14-10-7-11-15-23)24-16-18-25(43-3)19-17-24/h6-19,21,26,28,31,41H,5,20H2,1-4H3,(H,37,38,39)/q+1/t26-,28-,31-,33-/m1/s1. The minimum absolute atomic E-state index is 0.0944. The number of nitrogens with zero attached hydrogens (tertiary/aromatic N) is 4. The van der Waals surface area contributed by atoms with Crippen LogP contribution in [0.3, 0.4) is 0 Å². The van der Waals surface area contributed by atoms with E-state index in [9.17, 15) is 9.67 Å². The molecule has 1 aliphatic rings. The Hall–Kier alpha value is -4.12. The average Bonchev–Trinajstić information content (AvgIpc) is 3.60. The highest BCUT2D eigenvalue weighted by Gasteiger charge is 2.54. The van der Waals surface area contributed by atoms with E-state index in [1.165, 1.54) is 6.66 Å². The molecule has 0 aliphatic carbocycles. The number of nitrogens with one attached hydrogen (secondary N) is 1. The largest absolute Gasteiger partial charge is 0.504 e. The lowest BCUT2D eigenvalue weighted by Crippen LogP contribution is -2.40. The van der Waals surface area contributed by atoms with Gasteiger partial charge in [0.05, 0.1) is 20.0 Å². The molecule has 0 saturated carbocycles. The molecule has 1 unspecified atom stereocenters. The predicted octanol–water partition coefficient (Wildman–Crippen LogP) is 6.28. The van der Waals surface area contributed by atoms with Crippen LogP contribution in [0.4, 0.5) is 5.95 Å². The van der Waals surface area contributed by atoms with E-state index in [2.05, 4.69) is 34.6 Å². The molecule has 13 heteroatoms. The normalized spacial score (nSPS) is 21.5. The van der Waals surface area contributed by atoms with Crippen LogP contribution in [0, 0.1) is 0 Å². The second-order valence-electron chi connectivity index (χ2n) is 11.3. The molecule has 1 aliphatic heterocycles. The quantitative estimate of drug-likeness (QED) is 0.0885. The summed E-state index contributed by atoms with van der Waals surface area (Å²) in [4.78, 5) is 13.1. The first-order chi connectivity index (χ1) is 22.7. The predicted molar refractivity (Wildman–Crippen MR) is 180 cm³/mol. The molecule has 6 rings (SSSR count). The number of halogens is 1. The Morgan fingerprint density at radius 3 is 2.21 bits per heavy atom. The number of aromatic nitrogens is 4. The molecule has 0 amide bonds. The fraction of sp³-hybridized carbons (Fsp3) is 0.324. The first kappa shape index (κ1) is 32.8. The number of anilines is 1. The third kappa shape index (κ3) is 6.17. The molecule has 47 heavy (non-hydrogen) atoms. The molecule has 0 spiro atoms. The van der Waals surface area contributed by atoms with Crippen LogP contribution in [-0.4, -0.2) is 68.7 Å². The summed E-state index contributed by atoms with van der Waals surface area (Å²) in [5.74, 6) is 1.24. The highest BCUT2D eigenvalue weighted by molar-refractivity contribution is 7.38. The van der Waals surface area contributed by atoms with Gasteiger partial charge in [0.15, 0.2) is 24.1 Å². The fourth-order valence-electron chi connectivity index (χ4n) is 5.99. The van der Waals surface area contributed by atoms with Crippen LogP contribution < -0.4 is 14.8 Å². The second kappa shape index (κ2) is 13.5. The number of rotatable bonds is 12. The first-order valence-electron chi connectivity index (χ1n) is 15.2. The van der Waals surface area contributed by atoms with Gasteiger partial charge in [-0.25, -0.2) is 4.98 Å². The molecule has 0 bridgehead atoms. The summed E-state index contributed by atoms with van der Waals surface area (Å²) in [5, 5.41) is 14.8. The van der Waals surface area contributed by atoms with E-state index < -0.39 is 36.9 Å². The van der Waals surface area contributed by atoms with Gasteiger partial charge in [0.1, 0.15) is 35.0 Å². The van der Waals surface area contributed by atoms with Crippen LogP contribution in [-0.2, 0) is 19.4 Å². The molecule has 5 atom stereocenters. The topological polar surface area (TPSA) is 130 Å². The lowest BCUT2D eigenvalue weighted by atomic mass is 9.77. The summed E-state index contributed by atoms with van der Waals surface area (Å²) in [5.41, 5.74) is 2.62. The van der Waals surface area contributed by atoms with Gasteiger partial charge in [-0.2, -0.15) is 9.97 Å². The van der Waals surface area contributed by atoms with E-state index in [0.29, 0.717) is 17.8 Å². The maximum Gasteiger partial charge on any atom is 0.504 e. The van der Waals surface area contributed by atoms with Crippen molar-refractivity contribution in [1.29, 1.82) is 0 Å². The Morgan fingerprint density at radius 2 is 1.64 bits per heavy atom. The first-order valence-corrected chi connectivity index (χ1v) is 17.2. The number of aliphatic hydroxyl groups excluding tert-OH is 1. The third-order valence-corrected chi connectivity index (χ3v) is 9.22. The van der Waals surface area contributed by atoms with Crippen molar-refractivity contribution >= 4 is 36.7 Å². The molecule has 11 nitrogen and oxygen atoms in total.